The van der Waals surface area contributed by atoms with Crippen molar-refractivity contribution >= 4 is 17.7 Å². The van der Waals surface area contributed by atoms with E-state index in [2.05, 4.69) is 5.32 Å². The number of hydrogen-bond donors (Lipinski definition) is 3. The summed E-state index contributed by atoms with van der Waals surface area (Å²) < 4.78 is 5.52. The van der Waals surface area contributed by atoms with E-state index in [1.165, 1.54) is 24.3 Å². The van der Waals surface area contributed by atoms with E-state index in [1.54, 1.807) is 0 Å². The number of aromatic nitrogens is 1. The van der Waals surface area contributed by atoms with Crippen molar-refractivity contribution in [2.24, 2.45) is 0 Å². The normalized spacial score (nSPS) is 10.2. The fourth-order valence-corrected chi connectivity index (χ4v) is 1.98. The van der Waals surface area contributed by atoms with Crippen molar-refractivity contribution in [3.8, 4) is 11.8 Å². The van der Waals surface area contributed by atoms with E-state index in [1.807, 2.05) is 0 Å². The fourth-order valence-electron chi connectivity index (χ4n) is 1.98. The summed E-state index contributed by atoms with van der Waals surface area (Å²) in [4.78, 5) is 37.9. The molecule has 0 bridgehead atoms. The number of ether oxygens (including phenoxy) is 1. The summed E-state index contributed by atoms with van der Waals surface area (Å²) in [6.45, 7) is 0.0793. The SMILES string of the molecule is O=C(CCCNC(=O)OCc1ccc([N+](=O)[O-])cc1)On1c(O)ccc1O. The van der Waals surface area contributed by atoms with Crippen LogP contribution in [0.15, 0.2) is 36.4 Å². The Morgan fingerprint density at radius 3 is 2.33 bits per heavy atom. The predicted molar refractivity (Wildman–Crippen MR) is 89.9 cm³/mol. The summed E-state index contributed by atoms with van der Waals surface area (Å²) in [6.07, 6.45) is -0.532. The van der Waals surface area contributed by atoms with Crippen molar-refractivity contribution in [3.05, 3.63) is 52.1 Å². The molecule has 3 N–H and O–H groups in total. The third-order valence-corrected chi connectivity index (χ3v) is 3.33. The molecule has 1 aromatic carbocycles. The monoisotopic (exact) mass is 379 g/mol. The number of carbonyl (C=O) groups is 2. The second-order valence-electron chi connectivity index (χ2n) is 5.34. The molecule has 0 radical (unpaired) electrons. The molecule has 1 aromatic heterocycles. The first kappa shape index (κ1) is 19.6. The minimum atomic E-state index is -0.710. The van der Waals surface area contributed by atoms with Crippen LogP contribution >= 0.6 is 0 Å². The molecule has 0 atom stereocenters. The second-order valence-corrected chi connectivity index (χ2v) is 5.34. The quantitative estimate of drug-likeness (QED) is 0.354. The molecule has 1 heterocycles. The minimum absolute atomic E-state index is 0.0575. The van der Waals surface area contributed by atoms with E-state index in [0.717, 1.165) is 12.1 Å². The van der Waals surface area contributed by atoms with Gasteiger partial charge in [-0.15, -0.1) is 4.73 Å². The Hall–Kier alpha value is -3.76. The van der Waals surface area contributed by atoms with Gasteiger partial charge in [0.15, 0.2) is 0 Å². The maximum absolute atomic E-state index is 11.6. The Morgan fingerprint density at radius 1 is 1.11 bits per heavy atom. The number of rotatable bonds is 8. The molecule has 144 valence electrons. The molecule has 27 heavy (non-hydrogen) atoms. The lowest BCUT2D eigenvalue weighted by atomic mass is 10.2. The van der Waals surface area contributed by atoms with Gasteiger partial charge in [0.1, 0.15) is 6.61 Å². The minimum Gasteiger partial charge on any atom is -0.492 e. The molecule has 2 aromatic rings. The van der Waals surface area contributed by atoms with E-state index < -0.39 is 28.7 Å². The topological polar surface area (TPSA) is 153 Å². The lowest BCUT2D eigenvalue weighted by Crippen LogP contribution is -2.26. The van der Waals surface area contributed by atoms with Gasteiger partial charge in [-0.05, 0) is 24.1 Å². The molecule has 0 saturated heterocycles. The van der Waals surface area contributed by atoms with Crippen molar-refractivity contribution in [1.29, 1.82) is 0 Å². The van der Waals surface area contributed by atoms with E-state index in [0.29, 0.717) is 10.3 Å². The highest BCUT2D eigenvalue weighted by atomic mass is 16.7. The van der Waals surface area contributed by atoms with Gasteiger partial charge in [-0.3, -0.25) is 10.1 Å². The Bertz CT molecular complexity index is 796. The highest BCUT2D eigenvalue weighted by Crippen LogP contribution is 2.18. The molecule has 0 aliphatic rings. The van der Waals surface area contributed by atoms with Gasteiger partial charge in [-0.2, -0.15) is 0 Å². The van der Waals surface area contributed by atoms with E-state index in [4.69, 9.17) is 9.57 Å². The molecule has 0 unspecified atom stereocenters. The first-order valence-electron chi connectivity index (χ1n) is 7.81. The Morgan fingerprint density at radius 2 is 1.74 bits per heavy atom. The number of non-ortho nitro benzene ring substituents is 1. The third-order valence-electron chi connectivity index (χ3n) is 3.33. The van der Waals surface area contributed by atoms with E-state index >= 15 is 0 Å². The lowest BCUT2D eigenvalue weighted by molar-refractivity contribution is -0.384. The van der Waals surface area contributed by atoms with Gasteiger partial charge in [0.05, 0.1) is 4.92 Å². The van der Waals surface area contributed by atoms with Gasteiger partial charge in [-0.1, -0.05) is 0 Å². The molecule has 1 amide bonds. The first-order valence-corrected chi connectivity index (χ1v) is 7.81. The Balaban J connectivity index is 1.63. The molecule has 0 saturated carbocycles. The van der Waals surface area contributed by atoms with Gasteiger partial charge < -0.3 is 25.1 Å². The molecule has 0 fully saturated rings. The van der Waals surface area contributed by atoms with Gasteiger partial charge in [-0.25, -0.2) is 9.59 Å². The molecular formula is C16H17N3O8. The molecule has 11 nitrogen and oxygen atoms in total. The average molecular weight is 379 g/mol. The number of alkyl carbamates (subject to hydrolysis) is 1. The number of nitro benzene ring substituents is 1. The van der Waals surface area contributed by atoms with Crippen molar-refractivity contribution in [1.82, 2.24) is 10.0 Å². The summed E-state index contributed by atoms with van der Waals surface area (Å²) in [7, 11) is 0. The van der Waals surface area contributed by atoms with Crippen LogP contribution in [0.2, 0.25) is 0 Å². The number of hydrogen-bond acceptors (Lipinski definition) is 8. The summed E-state index contributed by atoms with van der Waals surface area (Å²) in [5.74, 6) is -1.56. The predicted octanol–water partition coefficient (Wildman–Crippen LogP) is 1.47. The summed E-state index contributed by atoms with van der Waals surface area (Å²) >= 11 is 0. The maximum atomic E-state index is 11.6. The Kier molecular flexibility index (Phi) is 6.58. The molecule has 0 aliphatic heterocycles. The van der Waals surface area contributed by atoms with Crippen LogP contribution in [0.5, 0.6) is 11.8 Å². The van der Waals surface area contributed by atoms with Crippen LogP contribution in [0, 0.1) is 10.1 Å². The zero-order valence-corrected chi connectivity index (χ0v) is 14.0. The zero-order valence-electron chi connectivity index (χ0n) is 14.0. The number of benzene rings is 1. The molecule has 0 spiro atoms. The van der Waals surface area contributed by atoms with Crippen molar-refractivity contribution in [2.75, 3.05) is 6.54 Å². The third kappa shape index (κ3) is 5.92. The van der Waals surface area contributed by atoms with Gasteiger partial charge in [0.2, 0.25) is 11.8 Å². The maximum Gasteiger partial charge on any atom is 0.407 e. The summed E-state index contributed by atoms with van der Waals surface area (Å²) in [6, 6.07) is 7.89. The summed E-state index contributed by atoms with van der Waals surface area (Å²) in [5.41, 5.74) is 0.530. The van der Waals surface area contributed by atoms with Crippen molar-refractivity contribution in [3.63, 3.8) is 0 Å². The van der Waals surface area contributed by atoms with Gasteiger partial charge >= 0.3 is 12.1 Å². The van der Waals surface area contributed by atoms with Crippen LogP contribution < -0.4 is 10.2 Å². The van der Waals surface area contributed by atoms with Crippen LogP contribution in [0.1, 0.15) is 18.4 Å². The van der Waals surface area contributed by atoms with Crippen LogP contribution in [0.25, 0.3) is 0 Å². The van der Waals surface area contributed by atoms with Crippen LogP contribution in [0.3, 0.4) is 0 Å². The Labute approximate surface area is 152 Å². The molecular weight excluding hydrogens is 362 g/mol. The molecule has 2 rings (SSSR count). The lowest BCUT2D eigenvalue weighted by Gasteiger charge is -2.08. The average Bonchev–Trinajstić information content (AvgIpc) is 2.96. The number of nitrogens with one attached hydrogen (secondary N) is 1. The number of nitrogens with zero attached hydrogens (tertiary/aromatic N) is 2. The van der Waals surface area contributed by atoms with E-state index in [9.17, 15) is 29.9 Å². The molecule has 11 heteroatoms. The number of amides is 1. The van der Waals surface area contributed by atoms with Crippen LogP contribution in [-0.2, 0) is 16.1 Å². The first-order chi connectivity index (χ1) is 12.9. The fraction of sp³-hybridized carbons (Fsp3) is 0.250. The van der Waals surface area contributed by atoms with Crippen molar-refractivity contribution in [2.45, 2.75) is 19.4 Å². The molecule has 0 aliphatic carbocycles. The number of aromatic hydroxyl groups is 2. The van der Waals surface area contributed by atoms with Crippen LogP contribution in [-0.4, -0.2) is 38.5 Å². The van der Waals surface area contributed by atoms with Gasteiger partial charge in [0, 0.05) is 37.2 Å². The number of nitro groups is 1. The summed E-state index contributed by atoms with van der Waals surface area (Å²) in [5, 5.41) is 31.7. The van der Waals surface area contributed by atoms with Gasteiger partial charge in [0.25, 0.3) is 5.69 Å². The van der Waals surface area contributed by atoms with E-state index in [-0.39, 0.29) is 31.7 Å². The highest BCUT2D eigenvalue weighted by Gasteiger charge is 2.12. The highest BCUT2D eigenvalue weighted by molar-refractivity contribution is 5.70. The largest absolute Gasteiger partial charge is 0.492 e. The smallest absolute Gasteiger partial charge is 0.407 e. The number of carbonyl (C=O) groups excluding carboxylic acids is 2. The van der Waals surface area contributed by atoms with Crippen molar-refractivity contribution < 1.29 is 34.3 Å². The van der Waals surface area contributed by atoms with Crippen LogP contribution in [0.4, 0.5) is 10.5 Å². The standard InChI is InChI=1S/C16H17N3O8/c20-13-7-8-14(21)18(13)27-15(22)2-1-9-17-16(23)26-10-11-3-5-12(6-4-11)19(24)25/h3-8,20-21H,1-2,9-10H2,(H,17,23). The zero-order chi connectivity index (χ0) is 19.8. The second kappa shape index (κ2) is 9.08.